The third kappa shape index (κ3) is 2.29. The number of thioether (sulfide) groups is 1. The van der Waals surface area contributed by atoms with Gasteiger partial charge in [0.25, 0.3) is 5.91 Å². The number of amidine groups is 1. The Kier molecular flexibility index (Phi) is 3.11. The summed E-state index contributed by atoms with van der Waals surface area (Å²) in [6.45, 7) is 1.07. The van der Waals surface area contributed by atoms with Gasteiger partial charge in [-0.3, -0.25) is 4.79 Å². The summed E-state index contributed by atoms with van der Waals surface area (Å²) in [7, 11) is 2.04. The summed E-state index contributed by atoms with van der Waals surface area (Å²) in [6, 6.07) is 0. The summed E-state index contributed by atoms with van der Waals surface area (Å²) in [5.41, 5.74) is 0. The second-order valence-corrected chi connectivity index (χ2v) is 5.05. The summed E-state index contributed by atoms with van der Waals surface area (Å²) in [6.07, 6.45) is 5.43. The summed E-state index contributed by atoms with van der Waals surface area (Å²) in [5, 5.41) is 0.918. The van der Waals surface area contributed by atoms with E-state index in [4.69, 9.17) is 0 Å². The second kappa shape index (κ2) is 4.34. The van der Waals surface area contributed by atoms with E-state index in [0.29, 0.717) is 5.75 Å². The van der Waals surface area contributed by atoms with Crippen LogP contribution in [0.2, 0.25) is 0 Å². The van der Waals surface area contributed by atoms with E-state index >= 15 is 0 Å². The molecule has 1 saturated carbocycles. The van der Waals surface area contributed by atoms with Crippen molar-refractivity contribution in [1.82, 2.24) is 4.90 Å². The molecule has 2 rings (SSSR count). The first kappa shape index (κ1) is 10.0. The van der Waals surface area contributed by atoms with Crippen molar-refractivity contribution in [2.75, 3.05) is 19.3 Å². The smallest absolute Gasteiger partial charge is 0.258 e. The van der Waals surface area contributed by atoms with E-state index in [2.05, 4.69) is 9.89 Å². The summed E-state index contributed by atoms with van der Waals surface area (Å²) >= 11 is 1.57. The summed E-state index contributed by atoms with van der Waals surface area (Å²) in [5.74, 6) is 1.37. The van der Waals surface area contributed by atoms with Gasteiger partial charge in [-0.15, -0.1) is 0 Å². The minimum Gasteiger partial charge on any atom is -0.354 e. The third-order valence-corrected chi connectivity index (χ3v) is 3.93. The Labute approximate surface area is 89.0 Å². The van der Waals surface area contributed by atoms with Crippen LogP contribution in [0.4, 0.5) is 0 Å². The van der Waals surface area contributed by atoms with Gasteiger partial charge >= 0.3 is 0 Å². The minimum atomic E-state index is 0.0169. The third-order valence-electron chi connectivity index (χ3n) is 2.88. The molecule has 0 saturated heterocycles. The molecule has 0 aromatic carbocycles. The molecule has 0 radical (unpaired) electrons. The number of nitrogens with zero attached hydrogens (tertiary/aromatic N) is 2. The Balaban J connectivity index is 1.85. The first-order valence-corrected chi connectivity index (χ1v) is 6.20. The highest BCUT2D eigenvalue weighted by molar-refractivity contribution is 8.14. The zero-order valence-electron chi connectivity index (χ0n) is 8.53. The largest absolute Gasteiger partial charge is 0.354 e. The van der Waals surface area contributed by atoms with E-state index in [9.17, 15) is 4.79 Å². The van der Waals surface area contributed by atoms with Gasteiger partial charge in [-0.1, -0.05) is 24.6 Å². The van der Waals surface area contributed by atoms with Gasteiger partial charge in [0.05, 0.1) is 5.75 Å². The van der Waals surface area contributed by atoms with E-state index in [-0.39, 0.29) is 5.91 Å². The van der Waals surface area contributed by atoms with Gasteiger partial charge < -0.3 is 4.90 Å². The Morgan fingerprint density at radius 1 is 1.50 bits per heavy atom. The molecule has 0 spiro atoms. The lowest BCUT2D eigenvalue weighted by Gasteiger charge is -2.21. The van der Waals surface area contributed by atoms with Crippen molar-refractivity contribution in [1.29, 1.82) is 0 Å². The SMILES string of the molecule is CN(CC1CCCC1)C1=NC(=O)CS1. The van der Waals surface area contributed by atoms with Crippen LogP contribution in [0.1, 0.15) is 25.7 Å². The summed E-state index contributed by atoms with van der Waals surface area (Å²) in [4.78, 5) is 17.1. The van der Waals surface area contributed by atoms with Crippen molar-refractivity contribution in [3.05, 3.63) is 0 Å². The number of carbonyl (C=O) groups is 1. The first-order valence-electron chi connectivity index (χ1n) is 5.21. The van der Waals surface area contributed by atoms with Crippen LogP contribution < -0.4 is 0 Å². The average Bonchev–Trinajstić information content (AvgIpc) is 2.75. The van der Waals surface area contributed by atoms with Crippen LogP contribution in [-0.2, 0) is 4.79 Å². The van der Waals surface area contributed by atoms with Crippen LogP contribution in [0.5, 0.6) is 0 Å². The molecule has 0 aromatic rings. The molecule has 1 aliphatic carbocycles. The normalized spacial score (nSPS) is 22.9. The van der Waals surface area contributed by atoms with Crippen molar-refractivity contribution in [3.63, 3.8) is 0 Å². The lowest BCUT2D eigenvalue weighted by atomic mass is 10.1. The van der Waals surface area contributed by atoms with Gasteiger partial charge in [0, 0.05) is 13.6 Å². The molecule has 14 heavy (non-hydrogen) atoms. The average molecular weight is 212 g/mol. The molecule has 0 atom stereocenters. The van der Waals surface area contributed by atoms with Gasteiger partial charge in [-0.05, 0) is 18.8 Å². The molecular formula is C10H16N2OS. The number of amides is 1. The quantitative estimate of drug-likeness (QED) is 0.699. The lowest BCUT2D eigenvalue weighted by molar-refractivity contribution is -0.115. The van der Waals surface area contributed by atoms with Gasteiger partial charge in [0.15, 0.2) is 5.17 Å². The maximum absolute atomic E-state index is 11.0. The zero-order valence-corrected chi connectivity index (χ0v) is 9.35. The van der Waals surface area contributed by atoms with E-state index in [1.165, 1.54) is 25.7 Å². The molecule has 78 valence electrons. The molecular weight excluding hydrogens is 196 g/mol. The standard InChI is InChI=1S/C10H16N2OS/c1-12(6-8-4-2-3-5-8)10-11-9(13)7-14-10/h8H,2-7H2,1H3. The Bertz CT molecular complexity index is 259. The van der Waals surface area contributed by atoms with E-state index in [1.54, 1.807) is 11.8 Å². The van der Waals surface area contributed by atoms with Crippen LogP contribution in [0.25, 0.3) is 0 Å². The highest BCUT2D eigenvalue weighted by atomic mass is 32.2. The molecule has 2 aliphatic rings. The topological polar surface area (TPSA) is 32.7 Å². The number of carbonyl (C=O) groups excluding carboxylic acids is 1. The molecule has 0 unspecified atom stereocenters. The molecule has 1 heterocycles. The number of hydrogen-bond acceptors (Lipinski definition) is 3. The predicted molar refractivity (Wildman–Crippen MR) is 59.5 cm³/mol. The van der Waals surface area contributed by atoms with Crippen LogP contribution in [0.3, 0.4) is 0 Å². The molecule has 0 aromatic heterocycles. The first-order chi connectivity index (χ1) is 6.75. The van der Waals surface area contributed by atoms with Crippen LogP contribution >= 0.6 is 11.8 Å². The van der Waals surface area contributed by atoms with Crippen LogP contribution in [0.15, 0.2) is 4.99 Å². The molecule has 3 nitrogen and oxygen atoms in total. The van der Waals surface area contributed by atoms with Gasteiger partial charge in [0.2, 0.25) is 0 Å². The monoisotopic (exact) mass is 212 g/mol. The Morgan fingerprint density at radius 3 is 2.79 bits per heavy atom. The van der Waals surface area contributed by atoms with Crippen LogP contribution in [0, 0.1) is 5.92 Å². The fourth-order valence-corrected chi connectivity index (χ4v) is 2.93. The lowest BCUT2D eigenvalue weighted by Crippen LogP contribution is -2.28. The van der Waals surface area contributed by atoms with E-state index in [1.807, 2.05) is 7.05 Å². The van der Waals surface area contributed by atoms with Crippen molar-refractivity contribution >= 4 is 22.8 Å². The fourth-order valence-electron chi connectivity index (χ4n) is 2.15. The second-order valence-electron chi connectivity index (χ2n) is 4.11. The number of hydrogen-bond donors (Lipinski definition) is 0. The van der Waals surface area contributed by atoms with Crippen LogP contribution in [-0.4, -0.2) is 35.3 Å². The maximum Gasteiger partial charge on any atom is 0.258 e. The van der Waals surface area contributed by atoms with Crippen molar-refractivity contribution in [2.24, 2.45) is 10.9 Å². The van der Waals surface area contributed by atoms with Crippen molar-refractivity contribution in [2.45, 2.75) is 25.7 Å². The molecule has 4 heteroatoms. The number of aliphatic imine (C=N–C) groups is 1. The van der Waals surface area contributed by atoms with Crippen molar-refractivity contribution < 1.29 is 4.79 Å². The maximum atomic E-state index is 11.0. The Hall–Kier alpha value is -0.510. The molecule has 1 aliphatic heterocycles. The van der Waals surface area contributed by atoms with Gasteiger partial charge in [-0.2, -0.15) is 4.99 Å². The van der Waals surface area contributed by atoms with E-state index < -0.39 is 0 Å². The van der Waals surface area contributed by atoms with Crippen molar-refractivity contribution in [3.8, 4) is 0 Å². The molecule has 1 fully saturated rings. The summed E-state index contributed by atoms with van der Waals surface area (Å²) < 4.78 is 0. The van der Waals surface area contributed by atoms with Gasteiger partial charge in [-0.25, -0.2) is 0 Å². The zero-order chi connectivity index (χ0) is 9.97. The highest BCUT2D eigenvalue weighted by Gasteiger charge is 2.22. The molecule has 0 bridgehead atoms. The Morgan fingerprint density at radius 2 is 2.21 bits per heavy atom. The molecule has 0 N–H and O–H groups in total. The minimum absolute atomic E-state index is 0.0169. The van der Waals surface area contributed by atoms with Gasteiger partial charge in [0.1, 0.15) is 0 Å². The van der Waals surface area contributed by atoms with E-state index in [0.717, 1.165) is 17.6 Å². The number of rotatable bonds is 2. The fraction of sp³-hybridized carbons (Fsp3) is 0.800. The predicted octanol–water partition coefficient (Wildman–Crippen LogP) is 1.74. The highest BCUT2D eigenvalue weighted by Crippen LogP contribution is 2.26. The molecule has 1 amide bonds.